The molecule has 6 heteroatoms. The van der Waals surface area contributed by atoms with Gasteiger partial charge in [-0.3, -0.25) is 4.79 Å². The molecule has 3 fully saturated rings. The van der Waals surface area contributed by atoms with Crippen LogP contribution in [-0.2, 0) is 0 Å². The number of imidazole rings is 1. The summed E-state index contributed by atoms with van der Waals surface area (Å²) in [4.78, 5) is 20.9. The van der Waals surface area contributed by atoms with E-state index in [0.717, 1.165) is 35.5 Å². The van der Waals surface area contributed by atoms with E-state index in [2.05, 4.69) is 49.5 Å². The van der Waals surface area contributed by atoms with Crippen LogP contribution in [0.1, 0.15) is 73.1 Å². The Bertz CT molecular complexity index is 1250. The van der Waals surface area contributed by atoms with Gasteiger partial charge in [0.1, 0.15) is 11.3 Å². The highest BCUT2D eigenvalue weighted by atomic mass is 127. The Labute approximate surface area is 201 Å². The van der Waals surface area contributed by atoms with Crippen molar-refractivity contribution in [3.63, 3.8) is 0 Å². The average molecular weight is 538 g/mol. The lowest BCUT2D eigenvalue weighted by molar-refractivity contribution is 0.102. The lowest BCUT2D eigenvalue weighted by Gasteiger charge is -2.35. The molecule has 1 aromatic heterocycles. The fourth-order valence-electron chi connectivity index (χ4n) is 6.38. The van der Waals surface area contributed by atoms with Crippen molar-refractivity contribution in [3.05, 3.63) is 51.4 Å². The van der Waals surface area contributed by atoms with Crippen molar-refractivity contribution in [2.24, 2.45) is 5.41 Å². The molecule has 0 radical (unpaired) electrons. The topological polar surface area (TPSA) is 50.2 Å². The number of piperidine rings is 1. The van der Waals surface area contributed by atoms with E-state index in [9.17, 15) is 4.79 Å². The highest BCUT2D eigenvalue weighted by molar-refractivity contribution is 14.1. The third-order valence-electron chi connectivity index (χ3n) is 8.46. The number of carbonyl (C=O) groups is 1. The Kier molecular flexibility index (Phi) is 4.21. The van der Waals surface area contributed by atoms with Gasteiger partial charge in [0, 0.05) is 28.6 Å². The van der Waals surface area contributed by atoms with E-state index < -0.39 is 0 Å². The number of hydrogen-bond acceptors (Lipinski definition) is 3. The van der Waals surface area contributed by atoms with Gasteiger partial charge < -0.3 is 14.8 Å². The Hall–Kier alpha value is -2.09. The minimum atomic E-state index is -0.0354. The maximum atomic E-state index is 13.5. The SMILES string of the molecule is O=C(Nc1cccc2c1nc1n2C2CCC1C2)c1ccc(I)cc1N1CCC2(CC1)CC2. The van der Waals surface area contributed by atoms with E-state index in [1.54, 1.807) is 0 Å². The molecule has 4 aliphatic rings. The van der Waals surface area contributed by atoms with E-state index in [1.807, 2.05) is 24.3 Å². The molecule has 32 heavy (non-hydrogen) atoms. The lowest BCUT2D eigenvalue weighted by atomic mass is 9.93. The summed E-state index contributed by atoms with van der Waals surface area (Å²) in [7, 11) is 0. The number of fused-ring (bicyclic) bond motifs is 7. The molecule has 2 bridgehead atoms. The number of amides is 1. The molecular weight excluding hydrogens is 511 g/mol. The van der Waals surface area contributed by atoms with Crippen LogP contribution < -0.4 is 10.2 Å². The van der Waals surface area contributed by atoms with E-state index in [-0.39, 0.29) is 5.91 Å². The molecule has 3 aromatic rings. The van der Waals surface area contributed by atoms with Crippen LogP contribution in [0.4, 0.5) is 11.4 Å². The number of nitrogens with zero attached hydrogens (tertiary/aromatic N) is 3. The Morgan fingerprint density at radius 2 is 1.94 bits per heavy atom. The molecule has 2 unspecified atom stereocenters. The maximum absolute atomic E-state index is 13.5. The third kappa shape index (κ3) is 2.94. The number of benzene rings is 2. The third-order valence-corrected chi connectivity index (χ3v) is 9.13. The highest BCUT2D eigenvalue weighted by Gasteiger charge is 2.44. The summed E-state index contributed by atoms with van der Waals surface area (Å²) < 4.78 is 3.60. The van der Waals surface area contributed by atoms with Crippen LogP contribution in [-0.4, -0.2) is 28.5 Å². The van der Waals surface area contributed by atoms with Gasteiger partial charge >= 0.3 is 0 Å². The molecule has 1 N–H and O–H groups in total. The van der Waals surface area contributed by atoms with Crippen molar-refractivity contribution in [1.82, 2.24) is 9.55 Å². The van der Waals surface area contributed by atoms with Gasteiger partial charge in [0.2, 0.25) is 0 Å². The van der Waals surface area contributed by atoms with Crippen LogP contribution in [0, 0.1) is 8.99 Å². The van der Waals surface area contributed by atoms with E-state index in [0.29, 0.717) is 17.4 Å². The zero-order valence-corrected chi connectivity index (χ0v) is 20.3. The first-order valence-electron chi connectivity index (χ1n) is 12.0. The molecule has 3 heterocycles. The molecule has 2 aliphatic carbocycles. The van der Waals surface area contributed by atoms with Crippen molar-refractivity contribution in [2.75, 3.05) is 23.3 Å². The molecule has 2 atom stereocenters. The van der Waals surface area contributed by atoms with Crippen LogP contribution in [0.15, 0.2) is 36.4 Å². The zero-order chi connectivity index (χ0) is 21.4. The maximum Gasteiger partial charge on any atom is 0.257 e. The number of carbonyl (C=O) groups excluding carboxylic acids is 1. The van der Waals surface area contributed by atoms with Gasteiger partial charge in [0.15, 0.2) is 0 Å². The minimum Gasteiger partial charge on any atom is -0.371 e. The van der Waals surface area contributed by atoms with Crippen LogP contribution in [0.2, 0.25) is 0 Å². The fourth-order valence-corrected chi connectivity index (χ4v) is 6.86. The molecule has 164 valence electrons. The van der Waals surface area contributed by atoms with E-state index in [1.165, 1.54) is 59.9 Å². The van der Waals surface area contributed by atoms with Gasteiger partial charge in [-0.05, 0) is 103 Å². The number of halogens is 1. The molecule has 1 amide bonds. The summed E-state index contributed by atoms with van der Waals surface area (Å²) in [5, 5.41) is 3.22. The smallest absolute Gasteiger partial charge is 0.257 e. The first-order valence-corrected chi connectivity index (χ1v) is 13.0. The van der Waals surface area contributed by atoms with E-state index in [4.69, 9.17) is 4.98 Å². The zero-order valence-electron chi connectivity index (χ0n) is 18.1. The molecule has 1 saturated heterocycles. The predicted octanol–water partition coefficient (Wildman–Crippen LogP) is 6.10. The fraction of sp³-hybridized carbons (Fsp3) is 0.462. The van der Waals surface area contributed by atoms with Crippen molar-refractivity contribution < 1.29 is 4.79 Å². The Balaban J connectivity index is 1.21. The van der Waals surface area contributed by atoms with Crippen molar-refractivity contribution in [2.45, 2.75) is 56.9 Å². The van der Waals surface area contributed by atoms with Crippen LogP contribution in [0.3, 0.4) is 0 Å². The molecular formula is C26H27IN4O. The summed E-state index contributed by atoms with van der Waals surface area (Å²) in [6, 6.07) is 13.0. The second kappa shape index (κ2) is 6.95. The molecule has 2 saturated carbocycles. The number of nitrogens with one attached hydrogen (secondary N) is 1. The van der Waals surface area contributed by atoms with Gasteiger partial charge in [0.25, 0.3) is 5.91 Å². The van der Waals surface area contributed by atoms with Crippen molar-refractivity contribution in [3.8, 4) is 0 Å². The largest absolute Gasteiger partial charge is 0.371 e. The molecule has 5 nitrogen and oxygen atoms in total. The van der Waals surface area contributed by atoms with Gasteiger partial charge in [-0.15, -0.1) is 0 Å². The number of aromatic nitrogens is 2. The summed E-state index contributed by atoms with van der Waals surface area (Å²) >= 11 is 2.35. The van der Waals surface area contributed by atoms with Gasteiger partial charge in [-0.1, -0.05) is 6.07 Å². The quantitative estimate of drug-likeness (QED) is 0.411. The molecule has 2 aliphatic heterocycles. The molecule has 7 rings (SSSR count). The molecule has 1 spiro atoms. The number of rotatable bonds is 3. The van der Waals surface area contributed by atoms with E-state index >= 15 is 0 Å². The molecule has 2 aromatic carbocycles. The number of para-hydroxylation sites is 1. The minimum absolute atomic E-state index is 0.0354. The van der Waals surface area contributed by atoms with Gasteiger partial charge in [-0.2, -0.15) is 0 Å². The second-order valence-electron chi connectivity index (χ2n) is 10.3. The Morgan fingerprint density at radius 1 is 1.09 bits per heavy atom. The summed E-state index contributed by atoms with van der Waals surface area (Å²) in [6.45, 7) is 2.10. The predicted molar refractivity (Wildman–Crippen MR) is 136 cm³/mol. The van der Waals surface area contributed by atoms with Crippen LogP contribution in [0.25, 0.3) is 11.0 Å². The normalized spacial score (nSPS) is 24.8. The summed E-state index contributed by atoms with van der Waals surface area (Å²) in [6.07, 6.45) is 9.02. The average Bonchev–Trinajstić information content (AvgIpc) is 3.16. The van der Waals surface area contributed by atoms with Gasteiger partial charge in [-0.25, -0.2) is 4.98 Å². The first-order chi connectivity index (χ1) is 15.6. The van der Waals surface area contributed by atoms with Crippen LogP contribution >= 0.6 is 22.6 Å². The monoisotopic (exact) mass is 538 g/mol. The summed E-state index contributed by atoms with van der Waals surface area (Å²) in [5.41, 5.74) is 5.39. The van der Waals surface area contributed by atoms with Crippen LogP contribution in [0.5, 0.6) is 0 Å². The summed E-state index contributed by atoms with van der Waals surface area (Å²) in [5.74, 6) is 1.77. The number of hydrogen-bond donors (Lipinski definition) is 1. The van der Waals surface area contributed by atoms with Crippen molar-refractivity contribution >= 4 is 50.9 Å². The second-order valence-corrected chi connectivity index (χ2v) is 11.5. The Morgan fingerprint density at radius 3 is 2.75 bits per heavy atom. The van der Waals surface area contributed by atoms with Crippen molar-refractivity contribution in [1.29, 1.82) is 0 Å². The first kappa shape index (κ1) is 19.4. The standard InChI is InChI=1S/C26H27IN4O/c27-17-5-7-19(22(15-17)30-12-10-26(8-9-26)11-13-30)25(32)28-20-2-1-3-21-23(20)29-24-16-4-6-18(14-16)31(21)24/h1-3,5,7,15-16,18H,4,6,8-14H2,(H,28,32). The number of anilines is 2. The lowest BCUT2D eigenvalue weighted by Crippen LogP contribution is -2.35. The van der Waals surface area contributed by atoms with Gasteiger partial charge in [0.05, 0.1) is 22.5 Å². The highest BCUT2D eigenvalue weighted by Crippen LogP contribution is 2.54.